The second-order valence-electron chi connectivity index (χ2n) is 3.90. The van der Waals surface area contributed by atoms with Crippen LogP contribution in [0.1, 0.15) is 0 Å². The van der Waals surface area contributed by atoms with Crippen molar-refractivity contribution in [1.29, 1.82) is 0 Å². The predicted molar refractivity (Wildman–Crippen MR) is 79.2 cm³/mol. The Labute approximate surface area is 125 Å². The van der Waals surface area contributed by atoms with Gasteiger partial charge in [-0.15, -0.1) is 0 Å². The van der Waals surface area contributed by atoms with Crippen LogP contribution in [0, 0.1) is 10.1 Å². The molecule has 104 valence electrons. The van der Waals surface area contributed by atoms with Crippen LogP contribution in [0.3, 0.4) is 0 Å². The predicted octanol–water partition coefficient (Wildman–Crippen LogP) is 4.74. The SMILES string of the molecule is CNc1cc(Oc2ccc(Cl)cc2Cl)cc([N+](=O)[O-])c1. The molecule has 7 heteroatoms. The molecule has 1 N–H and O–H groups in total. The van der Waals surface area contributed by atoms with E-state index in [0.717, 1.165) is 0 Å². The van der Waals surface area contributed by atoms with E-state index in [1.807, 2.05) is 0 Å². The van der Waals surface area contributed by atoms with Crippen molar-refractivity contribution in [1.82, 2.24) is 0 Å². The Bertz CT molecular complexity index is 662. The molecular weight excluding hydrogens is 303 g/mol. The van der Waals surface area contributed by atoms with Gasteiger partial charge in [-0.1, -0.05) is 23.2 Å². The molecule has 0 atom stereocenters. The summed E-state index contributed by atoms with van der Waals surface area (Å²) in [7, 11) is 1.66. The van der Waals surface area contributed by atoms with Gasteiger partial charge < -0.3 is 10.1 Å². The molecule has 2 aromatic carbocycles. The monoisotopic (exact) mass is 312 g/mol. The number of benzene rings is 2. The van der Waals surface area contributed by atoms with Gasteiger partial charge in [-0.3, -0.25) is 10.1 Å². The van der Waals surface area contributed by atoms with E-state index >= 15 is 0 Å². The number of nitro groups is 1. The summed E-state index contributed by atoms with van der Waals surface area (Å²) in [6.45, 7) is 0. The van der Waals surface area contributed by atoms with E-state index in [0.29, 0.717) is 27.2 Å². The first-order chi connectivity index (χ1) is 9.49. The van der Waals surface area contributed by atoms with Crippen LogP contribution in [0.4, 0.5) is 11.4 Å². The molecule has 0 spiro atoms. The third-order valence-electron chi connectivity index (χ3n) is 2.51. The number of nitrogens with one attached hydrogen (secondary N) is 1. The van der Waals surface area contributed by atoms with Crippen molar-refractivity contribution >= 4 is 34.6 Å². The van der Waals surface area contributed by atoms with Gasteiger partial charge in [0.25, 0.3) is 5.69 Å². The molecule has 0 heterocycles. The molecule has 0 saturated heterocycles. The van der Waals surface area contributed by atoms with Gasteiger partial charge in [-0.25, -0.2) is 0 Å². The van der Waals surface area contributed by atoms with Crippen LogP contribution in [-0.2, 0) is 0 Å². The van der Waals surface area contributed by atoms with Gasteiger partial charge in [0.05, 0.1) is 16.0 Å². The average Bonchev–Trinajstić information content (AvgIpc) is 2.41. The summed E-state index contributed by atoms with van der Waals surface area (Å²) in [5.41, 5.74) is 0.497. The van der Waals surface area contributed by atoms with Crippen LogP contribution < -0.4 is 10.1 Å². The van der Waals surface area contributed by atoms with Crippen molar-refractivity contribution in [2.24, 2.45) is 0 Å². The van der Waals surface area contributed by atoms with Crippen molar-refractivity contribution in [2.45, 2.75) is 0 Å². The molecule has 2 aromatic rings. The van der Waals surface area contributed by atoms with Gasteiger partial charge >= 0.3 is 0 Å². The maximum atomic E-state index is 10.9. The van der Waals surface area contributed by atoms with E-state index in [-0.39, 0.29) is 5.69 Å². The van der Waals surface area contributed by atoms with Crippen molar-refractivity contribution in [3.8, 4) is 11.5 Å². The van der Waals surface area contributed by atoms with E-state index in [2.05, 4.69) is 5.32 Å². The molecule has 0 saturated carbocycles. The number of hydrogen-bond acceptors (Lipinski definition) is 4. The second kappa shape index (κ2) is 5.98. The smallest absolute Gasteiger partial charge is 0.275 e. The number of non-ortho nitro benzene ring substituents is 1. The molecule has 0 aliphatic carbocycles. The number of hydrogen-bond donors (Lipinski definition) is 1. The molecule has 0 radical (unpaired) electrons. The molecule has 0 fully saturated rings. The highest BCUT2D eigenvalue weighted by molar-refractivity contribution is 6.35. The average molecular weight is 313 g/mol. The summed E-state index contributed by atoms with van der Waals surface area (Å²) in [6.07, 6.45) is 0. The zero-order valence-corrected chi connectivity index (χ0v) is 11.9. The summed E-state index contributed by atoms with van der Waals surface area (Å²) in [6, 6.07) is 9.14. The first-order valence-electron chi connectivity index (χ1n) is 5.60. The van der Waals surface area contributed by atoms with Crippen LogP contribution in [-0.4, -0.2) is 12.0 Å². The van der Waals surface area contributed by atoms with E-state index in [4.69, 9.17) is 27.9 Å². The third-order valence-corrected chi connectivity index (χ3v) is 3.04. The Morgan fingerprint density at radius 2 is 1.95 bits per heavy atom. The van der Waals surface area contributed by atoms with Gasteiger partial charge in [0.15, 0.2) is 0 Å². The number of nitro benzene ring substituents is 1. The van der Waals surface area contributed by atoms with Crippen LogP contribution >= 0.6 is 23.2 Å². The second-order valence-corrected chi connectivity index (χ2v) is 4.74. The summed E-state index contributed by atoms with van der Waals surface area (Å²) in [4.78, 5) is 10.4. The Morgan fingerprint density at radius 1 is 1.20 bits per heavy atom. The Hall–Kier alpha value is -1.98. The Kier molecular flexibility index (Phi) is 4.32. The summed E-state index contributed by atoms with van der Waals surface area (Å²) >= 11 is 11.8. The van der Waals surface area contributed by atoms with Crippen LogP contribution in [0.25, 0.3) is 0 Å². The maximum Gasteiger partial charge on any atom is 0.275 e. The largest absolute Gasteiger partial charge is 0.455 e. The van der Waals surface area contributed by atoms with E-state index in [1.54, 1.807) is 25.2 Å². The zero-order chi connectivity index (χ0) is 14.7. The lowest BCUT2D eigenvalue weighted by Crippen LogP contribution is -1.94. The first-order valence-corrected chi connectivity index (χ1v) is 6.35. The topological polar surface area (TPSA) is 64.4 Å². The molecular formula is C13H10Cl2N2O3. The van der Waals surface area contributed by atoms with E-state index in [1.165, 1.54) is 18.2 Å². The lowest BCUT2D eigenvalue weighted by molar-refractivity contribution is -0.384. The van der Waals surface area contributed by atoms with E-state index < -0.39 is 4.92 Å². The van der Waals surface area contributed by atoms with Crippen LogP contribution in [0.5, 0.6) is 11.5 Å². The molecule has 0 aliphatic rings. The summed E-state index contributed by atoms with van der Waals surface area (Å²) in [5, 5.41) is 14.5. The first kappa shape index (κ1) is 14.4. The van der Waals surface area contributed by atoms with Crippen LogP contribution in [0.2, 0.25) is 10.0 Å². The van der Waals surface area contributed by atoms with Gasteiger partial charge in [0.1, 0.15) is 11.5 Å². The van der Waals surface area contributed by atoms with Crippen molar-refractivity contribution in [2.75, 3.05) is 12.4 Å². The lowest BCUT2D eigenvalue weighted by atomic mass is 10.2. The number of rotatable bonds is 4. The lowest BCUT2D eigenvalue weighted by Gasteiger charge is -2.09. The minimum absolute atomic E-state index is 0.0723. The van der Waals surface area contributed by atoms with Crippen molar-refractivity contribution in [3.63, 3.8) is 0 Å². The minimum atomic E-state index is -0.489. The molecule has 0 aromatic heterocycles. The molecule has 0 amide bonds. The molecule has 20 heavy (non-hydrogen) atoms. The summed E-state index contributed by atoms with van der Waals surface area (Å²) in [5.74, 6) is 0.686. The summed E-state index contributed by atoms with van der Waals surface area (Å²) < 4.78 is 5.56. The molecule has 0 unspecified atom stereocenters. The Morgan fingerprint density at radius 3 is 2.55 bits per heavy atom. The highest BCUT2D eigenvalue weighted by Gasteiger charge is 2.12. The van der Waals surface area contributed by atoms with Gasteiger partial charge in [0.2, 0.25) is 0 Å². The number of ether oxygens (including phenoxy) is 1. The number of anilines is 1. The highest BCUT2D eigenvalue weighted by atomic mass is 35.5. The van der Waals surface area contributed by atoms with Gasteiger partial charge in [-0.2, -0.15) is 0 Å². The number of halogens is 2. The van der Waals surface area contributed by atoms with Crippen LogP contribution in [0.15, 0.2) is 36.4 Å². The normalized spacial score (nSPS) is 10.2. The molecule has 0 bridgehead atoms. The fourth-order valence-electron chi connectivity index (χ4n) is 1.58. The van der Waals surface area contributed by atoms with Crippen molar-refractivity contribution in [3.05, 3.63) is 56.6 Å². The number of nitrogens with zero attached hydrogens (tertiary/aromatic N) is 1. The minimum Gasteiger partial charge on any atom is -0.455 e. The zero-order valence-electron chi connectivity index (χ0n) is 10.4. The highest BCUT2D eigenvalue weighted by Crippen LogP contribution is 2.34. The standard InChI is InChI=1S/C13H10Cl2N2O3/c1-16-9-5-10(17(18)19)7-11(6-9)20-13-3-2-8(14)4-12(13)15/h2-7,16H,1H3. The maximum absolute atomic E-state index is 10.9. The molecule has 2 rings (SSSR count). The van der Waals surface area contributed by atoms with E-state index in [9.17, 15) is 10.1 Å². The fourth-order valence-corrected chi connectivity index (χ4v) is 2.02. The third kappa shape index (κ3) is 3.31. The van der Waals surface area contributed by atoms with Gasteiger partial charge in [-0.05, 0) is 18.2 Å². The van der Waals surface area contributed by atoms with Crippen molar-refractivity contribution < 1.29 is 9.66 Å². The fraction of sp³-hybridized carbons (Fsp3) is 0.0769. The molecule has 0 aliphatic heterocycles. The Balaban J connectivity index is 2.37. The molecule has 5 nitrogen and oxygen atoms in total. The quantitative estimate of drug-likeness (QED) is 0.654. The van der Waals surface area contributed by atoms with Gasteiger partial charge in [0, 0.05) is 29.9 Å².